The summed E-state index contributed by atoms with van der Waals surface area (Å²) in [5.74, 6) is 2.57. The lowest BCUT2D eigenvalue weighted by molar-refractivity contribution is -0.117. The molecule has 1 amide bonds. The van der Waals surface area contributed by atoms with Gasteiger partial charge < -0.3 is 24.3 Å². The highest BCUT2D eigenvalue weighted by Gasteiger charge is 2.21. The highest BCUT2D eigenvalue weighted by molar-refractivity contribution is 5.92. The Morgan fingerprint density at radius 3 is 2.14 bits per heavy atom. The zero-order valence-corrected chi connectivity index (χ0v) is 16.7. The van der Waals surface area contributed by atoms with Gasteiger partial charge in [-0.25, -0.2) is 0 Å². The van der Waals surface area contributed by atoms with E-state index in [0.29, 0.717) is 36.0 Å². The Hall–Kier alpha value is -2.93. The van der Waals surface area contributed by atoms with Gasteiger partial charge in [-0.05, 0) is 41.8 Å². The number of carbonyl (C=O) groups excluding carboxylic acids is 1. The Labute approximate surface area is 165 Å². The van der Waals surface area contributed by atoms with Crippen LogP contribution in [0, 0.1) is 0 Å². The molecule has 28 heavy (non-hydrogen) atoms. The van der Waals surface area contributed by atoms with Crippen molar-refractivity contribution in [2.75, 3.05) is 46.8 Å². The summed E-state index contributed by atoms with van der Waals surface area (Å²) in [5.41, 5.74) is 3.06. The second-order valence-electron chi connectivity index (χ2n) is 6.55. The van der Waals surface area contributed by atoms with E-state index in [1.54, 1.807) is 46.6 Å². The molecule has 1 aliphatic heterocycles. The van der Waals surface area contributed by atoms with Crippen LogP contribution >= 0.6 is 0 Å². The van der Waals surface area contributed by atoms with Crippen molar-refractivity contribution in [2.24, 2.45) is 0 Å². The molecule has 1 heterocycles. The summed E-state index contributed by atoms with van der Waals surface area (Å²) in [5, 5.41) is 2.92. The van der Waals surface area contributed by atoms with Gasteiger partial charge in [-0.1, -0.05) is 0 Å². The predicted octanol–water partition coefficient (Wildman–Crippen LogP) is 2.72. The van der Waals surface area contributed by atoms with Gasteiger partial charge in [0.2, 0.25) is 5.91 Å². The highest BCUT2D eigenvalue weighted by Crippen LogP contribution is 2.33. The molecule has 0 aliphatic carbocycles. The van der Waals surface area contributed by atoms with Crippen LogP contribution < -0.4 is 24.3 Å². The molecule has 0 spiro atoms. The van der Waals surface area contributed by atoms with E-state index in [0.717, 1.165) is 24.3 Å². The van der Waals surface area contributed by atoms with Gasteiger partial charge >= 0.3 is 0 Å². The third-order valence-electron chi connectivity index (χ3n) is 4.83. The summed E-state index contributed by atoms with van der Waals surface area (Å²) in [4.78, 5) is 14.6. The second kappa shape index (κ2) is 8.84. The molecule has 7 nitrogen and oxygen atoms in total. The molecule has 0 atom stereocenters. The quantitative estimate of drug-likeness (QED) is 0.789. The number of hydrogen-bond acceptors (Lipinski definition) is 6. The average molecular weight is 386 g/mol. The third kappa shape index (κ3) is 4.31. The van der Waals surface area contributed by atoms with Gasteiger partial charge in [0.05, 0.1) is 35.0 Å². The number of ether oxygens (including phenoxy) is 4. The maximum Gasteiger partial charge on any atom is 0.238 e. The number of nitrogens with one attached hydrogen (secondary N) is 1. The number of nitrogens with zero attached hydrogens (tertiary/aromatic N) is 1. The fourth-order valence-corrected chi connectivity index (χ4v) is 3.39. The topological polar surface area (TPSA) is 69.3 Å². The van der Waals surface area contributed by atoms with E-state index >= 15 is 0 Å². The Kier molecular flexibility index (Phi) is 6.26. The number of fused-ring (bicyclic) bond motifs is 1. The minimum absolute atomic E-state index is 0.0730. The van der Waals surface area contributed by atoms with Crippen molar-refractivity contribution >= 4 is 11.6 Å². The molecule has 0 unspecified atom stereocenters. The van der Waals surface area contributed by atoms with Crippen LogP contribution in [0.15, 0.2) is 30.3 Å². The largest absolute Gasteiger partial charge is 0.493 e. The maximum absolute atomic E-state index is 12.5. The fraction of sp³-hybridized carbons (Fsp3) is 0.381. The summed E-state index contributed by atoms with van der Waals surface area (Å²) in [6.07, 6.45) is 0.860. The maximum atomic E-state index is 12.5. The fourth-order valence-electron chi connectivity index (χ4n) is 3.39. The Balaban J connectivity index is 1.64. The SMILES string of the molecule is COc1ccc(NC(=O)CN2CCc3cc(OC)c(OC)cc3C2)cc1OC. The van der Waals surface area contributed by atoms with Gasteiger partial charge in [0, 0.05) is 24.8 Å². The molecule has 0 bridgehead atoms. The van der Waals surface area contributed by atoms with E-state index in [4.69, 9.17) is 18.9 Å². The van der Waals surface area contributed by atoms with Crippen molar-refractivity contribution < 1.29 is 23.7 Å². The molecule has 0 fully saturated rings. The first kappa shape index (κ1) is 19.8. The minimum atomic E-state index is -0.0730. The minimum Gasteiger partial charge on any atom is -0.493 e. The van der Waals surface area contributed by atoms with Crippen LogP contribution in [0.25, 0.3) is 0 Å². The molecule has 1 N–H and O–H groups in total. The molecule has 0 saturated carbocycles. The number of amides is 1. The first-order valence-electron chi connectivity index (χ1n) is 9.06. The van der Waals surface area contributed by atoms with Crippen LogP contribution in [-0.4, -0.2) is 52.3 Å². The molecule has 7 heteroatoms. The van der Waals surface area contributed by atoms with Gasteiger partial charge in [0.15, 0.2) is 23.0 Å². The summed E-state index contributed by atoms with van der Waals surface area (Å²) >= 11 is 0. The van der Waals surface area contributed by atoms with Crippen LogP contribution in [-0.2, 0) is 17.8 Å². The van der Waals surface area contributed by atoms with Crippen molar-refractivity contribution in [1.82, 2.24) is 4.90 Å². The van der Waals surface area contributed by atoms with Crippen molar-refractivity contribution in [3.8, 4) is 23.0 Å². The third-order valence-corrected chi connectivity index (χ3v) is 4.83. The number of methoxy groups -OCH3 is 4. The summed E-state index contributed by atoms with van der Waals surface area (Å²) < 4.78 is 21.3. The van der Waals surface area contributed by atoms with E-state index in [2.05, 4.69) is 10.2 Å². The normalized spacial score (nSPS) is 13.4. The van der Waals surface area contributed by atoms with E-state index in [1.165, 1.54) is 5.56 Å². The standard InChI is InChI=1S/C21H26N2O5/c1-25-17-6-5-16(11-20(17)28-4)22-21(24)13-23-8-7-14-9-18(26-2)19(27-3)10-15(14)12-23/h5-6,9-11H,7-8,12-13H2,1-4H3,(H,22,24). The second-order valence-corrected chi connectivity index (χ2v) is 6.55. The van der Waals surface area contributed by atoms with Gasteiger partial charge in [0.25, 0.3) is 0 Å². The van der Waals surface area contributed by atoms with Gasteiger partial charge in [-0.3, -0.25) is 9.69 Å². The van der Waals surface area contributed by atoms with Crippen LogP contribution in [0.3, 0.4) is 0 Å². The Morgan fingerprint density at radius 2 is 1.50 bits per heavy atom. The van der Waals surface area contributed by atoms with E-state index < -0.39 is 0 Å². The first-order valence-corrected chi connectivity index (χ1v) is 9.06. The predicted molar refractivity (Wildman–Crippen MR) is 107 cm³/mol. The molecule has 0 saturated heterocycles. The van der Waals surface area contributed by atoms with Crippen molar-refractivity contribution in [3.05, 3.63) is 41.5 Å². The monoisotopic (exact) mass is 386 g/mol. The Morgan fingerprint density at radius 1 is 0.893 bits per heavy atom. The molecule has 150 valence electrons. The van der Waals surface area contributed by atoms with Crippen molar-refractivity contribution in [1.29, 1.82) is 0 Å². The molecular weight excluding hydrogens is 360 g/mol. The zero-order valence-electron chi connectivity index (χ0n) is 16.7. The molecule has 3 rings (SSSR count). The number of benzene rings is 2. The van der Waals surface area contributed by atoms with Crippen LogP contribution in [0.1, 0.15) is 11.1 Å². The Bertz CT molecular complexity index is 853. The van der Waals surface area contributed by atoms with Gasteiger partial charge in [-0.2, -0.15) is 0 Å². The van der Waals surface area contributed by atoms with Gasteiger partial charge in [0.1, 0.15) is 0 Å². The molecule has 2 aromatic carbocycles. The number of rotatable bonds is 7. The first-order chi connectivity index (χ1) is 13.6. The average Bonchev–Trinajstić information content (AvgIpc) is 2.72. The zero-order chi connectivity index (χ0) is 20.1. The lowest BCUT2D eigenvalue weighted by Crippen LogP contribution is -2.37. The van der Waals surface area contributed by atoms with Crippen LogP contribution in [0.4, 0.5) is 5.69 Å². The lowest BCUT2D eigenvalue weighted by atomic mass is 9.99. The number of hydrogen-bond donors (Lipinski definition) is 1. The van der Waals surface area contributed by atoms with Gasteiger partial charge in [-0.15, -0.1) is 0 Å². The molecule has 1 aliphatic rings. The molecular formula is C21H26N2O5. The van der Waals surface area contributed by atoms with Crippen LogP contribution in [0.5, 0.6) is 23.0 Å². The van der Waals surface area contributed by atoms with Crippen molar-refractivity contribution in [3.63, 3.8) is 0 Å². The van der Waals surface area contributed by atoms with Crippen molar-refractivity contribution in [2.45, 2.75) is 13.0 Å². The summed E-state index contributed by atoms with van der Waals surface area (Å²) in [6.45, 7) is 1.80. The number of carbonyl (C=O) groups is 1. The van der Waals surface area contributed by atoms with E-state index in [-0.39, 0.29) is 5.91 Å². The van der Waals surface area contributed by atoms with E-state index in [1.807, 2.05) is 12.1 Å². The smallest absolute Gasteiger partial charge is 0.238 e. The lowest BCUT2D eigenvalue weighted by Gasteiger charge is -2.29. The van der Waals surface area contributed by atoms with E-state index in [9.17, 15) is 4.79 Å². The molecule has 0 aromatic heterocycles. The highest BCUT2D eigenvalue weighted by atomic mass is 16.5. The molecule has 2 aromatic rings. The summed E-state index contributed by atoms with van der Waals surface area (Å²) in [6, 6.07) is 9.33. The van der Waals surface area contributed by atoms with Crippen LogP contribution in [0.2, 0.25) is 0 Å². The summed E-state index contributed by atoms with van der Waals surface area (Å²) in [7, 11) is 6.41. The number of anilines is 1. The molecule has 0 radical (unpaired) electrons.